The second-order valence-electron chi connectivity index (χ2n) is 4.12. The predicted octanol–water partition coefficient (Wildman–Crippen LogP) is 2.99. The quantitative estimate of drug-likeness (QED) is 0.816. The van der Waals surface area contributed by atoms with E-state index in [4.69, 9.17) is 5.73 Å². The molecule has 0 atom stereocenters. The van der Waals surface area contributed by atoms with Crippen molar-refractivity contribution in [3.05, 3.63) is 36.2 Å². The minimum Gasteiger partial charge on any atom is -0.398 e. The van der Waals surface area contributed by atoms with Crippen LogP contribution in [-0.2, 0) is 0 Å². The van der Waals surface area contributed by atoms with Crippen molar-refractivity contribution in [1.82, 2.24) is 9.78 Å². The van der Waals surface area contributed by atoms with Crippen LogP contribution in [0.1, 0.15) is 19.9 Å². The third-order valence-corrected chi connectivity index (χ3v) is 2.53. The number of benzene rings is 1. The molecule has 1 aromatic heterocycles. The van der Waals surface area contributed by atoms with E-state index in [0.717, 1.165) is 0 Å². The van der Waals surface area contributed by atoms with Gasteiger partial charge in [0.25, 0.3) is 0 Å². The maximum atomic E-state index is 14.0. The summed E-state index contributed by atoms with van der Waals surface area (Å²) in [4.78, 5) is 0. The Bertz CT molecular complexity index is 547. The summed E-state index contributed by atoms with van der Waals surface area (Å²) in [6, 6.07) is 3.79. The molecule has 0 saturated carbocycles. The molecule has 17 heavy (non-hydrogen) atoms. The van der Waals surface area contributed by atoms with Gasteiger partial charge in [0, 0.05) is 17.3 Å². The van der Waals surface area contributed by atoms with Crippen LogP contribution in [0, 0.1) is 11.8 Å². The molecule has 0 bridgehead atoms. The summed E-state index contributed by atoms with van der Waals surface area (Å²) in [6.45, 7) is 3.65. The number of hydrogen-bond acceptors (Lipinski definition) is 2. The highest BCUT2D eigenvalue weighted by atomic mass is 19.1. The number of aromatic nitrogens is 2. The highest BCUT2D eigenvalue weighted by Gasteiger charge is 2.16. The van der Waals surface area contributed by atoms with Gasteiger partial charge in [-0.15, -0.1) is 0 Å². The van der Waals surface area contributed by atoms with Gasteiger partial charge in [-0.05, 0) is 32.0 Å². The van der Waals surface area contributed by atoms with Gasteiger partial charge in [0.1, 0.15) is 5.82 Å². The van der Waals surface area contributed by atoms with Crippen molar-refractivity contribution in [2.24, 2.45) is 0 Å². The lowest BCUT2D eigenvalue weighted by Gasteiger charge is -2.07. The molecule has 0 aliphatic carbocycles. The van der Waals surface area contributed by atoms with Crippen LogP contribution in [0.2, 0.25) is 0 Å². The van der Waals surface area contributed by atoms with Crippen LogP contribution in [-0.4, -0.2) is 9.78 Å². The Morgan fingerprint density at radius 2 is 1.94 bits per heavy atom. The number of anilines is 1. The summed E-state index contributed by atoms with van der Waals surface area (Å²) >= 11 is 0. The molecule has 5 heteroatoms. The predicted molar refractivity (Wildman–Crippen MR) is 62.4 cm³/mol. The van der Waals surface area contributed by atoms with Crippen molar-refractivity contribution in [1.29, 1.82) is 0 Å². The molecule has 0 radical (unpaired) electrons. The van der Waals surface area contributed by atoms with E-state index < -0.39 is 11.8 Å². The Kier molecular flexibility index (Phi) is 2.83. The fourth-order valence-electron chi connectivity index (χ4n) is 1.67. The van der Waals surface area contributed by atoms with Crippen molar-refractivity contribution in [2.45, 2.75) is 19.9 Å². The topological polar surface area (TPSA) is 43.8 Å². The molecule has 0 saturated heterocycles. The van der Waals surface area contributed by atoms with Crippen LogP contribution in [0.4, 0.5) is 14.5 Å². The van der Waals surface area contributed by atoms with Crippen molar-refractivity contribution in [3.8, 4) is 11.1 Å². The molecule has 0 spiro atoms. The molecule has 2 aromatic rings. The lowest BCUT2D eigenvalue weighted by atomic mass is 10.1. The molecule has 0 amide bonds. The maximum absolute atomic E-state index is 14.0. The van der Waals surface area contributed by atoms with E-state index in [-0.39, 0.29) is 17.3 Å². The lowest BCUT2D eigenvalue weighted by molar-refractivity contribution is 0.417. The first-order chi connectivity index (χ1) is 8.00. The van der Waals surface area contributed by atoms with Crippen molar-refractivity contribution in [2.75, 3.05) is 5.73 Å². The molecule has 0 aliphatic heterocycles. The van der Waals surface area contributed by atoms with Crippen LogP contribution in [0.15, 0.2) is 24.4 Å². The molecule has 0 fully saturated rings. The smallest absolute Gasteiger partial charge is 0.219 e. The highest BCUT2D eigenvalue weighted by Crippen LogP contribution is 2.29. The molecule has 1 aromatic carbocycles. The minimum absolute atomic E-state index is 0.0783. The molecule has 0 unspecified atom stereocenters. The first-order valence-corrected chi connectivity index (χ1v) is 5.29. The average molecular weight is 237 g/mol. The maximum Gasteiger partial charge on any atom is 0.219 e. The van der Waals surface area contributed by atoms with Crippen molar-refractivity contribution in [3.63, 3.8) is 0 Å². The van der Waals surface area contributed by atoms with E-state index in [9.17, 15) is 8.78 Å². The fourth-order valence-corrected chi connectivity index (χ4v) is 1.67. The van der Waals surface area contributed by atoms with Crippen LogP contribution < -0.4 is 5.73 Å². The number of nitrogens with zero attached hydrogens (tertiary/aromatic N) is 2. The summed E-state index contributed by atoms with van der Waals surface area (Å²) in [5, 5.41) is 3.95. The lowest BCUT2D eigenvalue weighted by Crippen LogP contribution is -2.05. The summed E-state index contributed by atoms with van der Waals surface area (Å²) in [5.41, 5.74) is 6.61. The number of halogens is 2. The molecular weight excluding hydrogens is 224 g/mol. The highest BCUT2D eigenvalue weighted by molar-refractivity contribution is 5.75. The number of nitrogens with two attached hydrogens (primary N) is 1. The van der Waals surface area contributed by atoms with E-state index in [1.165, 1.54) is 29.1 Å². The van der Waals surface area contributed by atoms with E-state index in [1.54, 1.807) is 0 Å². The second kappa shape index (κ2) is 4.16. The minimum atomic E-state index is -0.460. The largest absolute Gasteiger partial charge is 0.398 e. The van der Waals surface area contributed by atoms with Gasteiger partial charge < -0.3 is 5.73 Å². The first kappa shape index (κ1) is 11.6. The van der Waals surface area contributed by atoms with Gasteiger partial charge >= 0.3 is 0 Å². The van der Waals surface area contributed by atoms with Crippen molar-refractivity contribution < 1.29 is 8.78 Å². The van der Waals surface area contributed by atoms with E-state index in [1.807, 2.05) is 13.8 Å². The zero-order valence-corrected chi connectivity index (χ0v) is 9.61. The van der Waals surface area contributed by atoms with Crippen molar-refractivity contribution >= 4 is 5.69 Å². The number of nitrogen functional groups attached to an aromatic ring is 1. The van der Waals surface area contributed by atoms with Gasteiger partial charge in [0.2, 0.25) is 5.95 Å². The summed E-state index contributed by atoms with van der Waals surface area (Å²) in [6.07, 6.45) is 1.40. The Morgan fingerprint density at radius 3 is 2.47 bits per heavy atom. The van der Waals surface area contributed by atoms with Gasteiger partial charge in [-0.25, -0.2) is 9.07 Å². The summed E-state index contributed by atoms with van der Waals surface area (Å²) < 4.78 is 28.2. The number of hydrogen-bond donors (Lipinski definition) is 1. The average Bonchev–Trinajstić information content (AvgIpc) is 2.60. The van der Waals surface area contributed by atoms with Gasteiger partial charge in [-0.1, -0.05) is 0 Å². The Balaban J connectivity index is 2.54. The van der Waals surface area contributed by atoms with Gasteiger partial charge in [-0.2, -0.15) is 9.49 Å². The first-order valence-electron chi connectivity index (χ1n) is 5.29. The Labute approximate surface area is 97.9 Å². The zero-order chi connectivity index (χ0) is 12.6. The second-order valence-corrected chi connectivity index (χ2v) is 4.12. The molecule has 0 aliphatic rings. The third-order valence-electron chi connectivity index (χ3n) is 2.53. The van der Waals surface area contributed by atoms with Crippen LogP contribution in [0.3, 0.4) is 0 Å². The van der Waals surface area contributed by atoms with Crippen LogP contribution in [0.25, 0.3) is 11.1 Å². The van der Waals surface area contributed by atoms with E-state index >= 15 is 0 Å². The SMILES string of the molecule is CC(C)n1ncc(-c2ccc(F)cc2N)c1F. The standard InChI is InChI=1S/C12H13F2N3/c1-7(2)17-12(14)10(6-16-17)9-4-3-8(13)5-11(9)15/h3-7H,15H2,1-2H3. The Hall–Kier alpha value is -1.91. The van der Waals surface area contributed by atoms with Gasteiger partial charge in [0.05, 0.1) is 11.8 Å². The van der Waals surface area contributed by atoms with E-state index in [0.29, 0.717) is 5.56 Å². The fraction of sp³-hybridized carbons (Fsp3) is 0.250. The third kappa shape index (κ3) is 2.00. The summed E-state index contributed by atoms with van der Waals surface area (Å²) in [5.74, 6) is -0.902. The monoisotopic (exact) mass is 237 g/mol. The Morgan fingerprint density at radius 1 is 1.24 bits per heavy atom. The molecule has 2 rings (SSSR count). The molecule has 90 valence electrons. The molecule has 1 heterocycles. The summed E-state index contributed by atoms with van der Waals surface area (Å²) in [7, 11) is 0. The van der Waals surface area contributed by atoms with Crippen LogP contribution >= 0.6 is 0 Å². The molecule has 3 nitrogen and oxygen atoms in total. The molecule has 2 N–H and O–H groups in total. The van der Waals surface area contributed by atoms with Gasteiger partial charge in [-0.3, -0.25) is 0 Å². The number of rotatable bonds is 2. The van der Waals surface area contributed by atoms with Crippen LogP contribution in [0.5, 0.6) is 0 Å². The molecular formula is C12H13F2N3. The van der Waals surface area contributed by atoms with E-state index in [2.05, 4.69) is 5.10 Å². The normalized spacial score (nSPS) is 11.1. The zero-order valence-electron chi connectivity index (χ0n) is 9.61. The van der Waals surface area contributed by atoms with Gasteiger partial charge in [0.15, 0.2) is 0 Å².